The maximum absolute atomic E-state index is 8.55. The predicted molar refractivity (Wildman–Crippen MR) is 28.8 cm³/mol. The van der Waals surface area contributed by atoms with Crippen LogP contribution in [-0.4, -0.2) is 42.4 Å². The van der Waals surface area contributed by atoms with Crippen LogP contribution in [-0.2, 0) is 9.47 Å². The maximum Gasteiger partial charge on any atom is 0.147 e. The zero-order valence-electron chi connectivity index (χ0n) is 4.99. The van der Waals surface area contributed by atoms with Gasteiger partial charge in [-0.3, -0.25) is 0 Å². The molecule has 0 aromatic carbocycles. The van der Waals surface area contributed by atoms with E-state index >= 15 is 0 Å². The normalized spacial score (nSPS) is 35.3. The van der Waals surface area contributed by atoms with Crippen molar-refractivity contribution in [2.24, 2.45) is 0 Å². The minimum Gasteiger partial charge on any atom is -0.394 e. The van der Waals surface area contributed by atoms with E-state index in [0.717, 1.165) is 0 Å². The second kappa shape index (κ2) is 3.12. The molecule has 2 N–H and O–H groups in total. The molecule has 1 aliphatic heterocycles. The summed E-state index contributed by atoms with van der Waals surface area (Å²) in [4.78, 5) is 0. The second-order valence-corrected chi connectivity index (χ2v) is 1.89. The molecule has 54 valence electrons. The van der Waals surface area contributed by atoms with Crippen LogP contribution in [0.4, 0.5) is 0 Å². The Hall–Kier alpha value is -0.160. The first-order valence-electron chi connectivity index (χ1n) is 2.83. The Morgan fingerprint density at radius 3 is 1.89 bits per heavy atom. The topological polar surface area (TPSA) is 58.9 Å². The molecule has 9 heavy (non-hydrogen) atoms. The summed E-state index contributed by atoms with van der Waals surface area (Å²) in [6.07, 6.45) is -0.676. The molecule has 0 bridgehead atoms. The Labute approximate surface area is 53.0 Å². The highest BCUT2D eigenvalue weighted by Gasteiger charge is 2.27. The van der Waals surface area contributed by atoms with E-state index in [2.05, 4.69) is 0 Å². The lowest BCUT2D eigenvalue weighted by Crippen LogP contribution is -2.29. The van der Waals surface area contributed by atoms with Gasteiger partial charge in [0.15, 0.2) is 0 Å². The smallest absolute Gasteiger partial charge is 0.147 e. The number of ether oxygens (including phenoxy) is 2. The van der Waals surface area contributed by atoms with E-state index in [9.17, 15) is 0 Å². The van der Waals surface area contributed by atoms with Crippen molar-refractivity contribution in [1.82, 2.24) is 0 Å². The predicted octanol–water partition coefficient (Wildman–Crippen LogP) is -1.29. The van der Waals surface area contributed by atoms with Gasteiger partial charge in [0.05, 0.1) is 13.2 Å². The molecule has 0 saturated carbocycles. The fourth-order valence-electron chi connectivity index (χ4n) is 0.769. The van der Waals surface area contributed by atoms with Crippen LogP contribution < -0.4 is 0 Å². The third kappa shape index (κ3) is 1.40. The van der Waals surface area contributed by atoms with Crippen molar-refractivity contribution in [2.45, 2.75) is 12.2 Å². The molecule has 1 saturated heterocycles. The number of aliphatic hydroxyl groups is 2. The van der Waals surface area contributed by atoms with Crippen LogP contribution >= 0.6 is 0 Å². The molecular weight excluding hydrogens is 124 g/mol. The first-order valence-corrected chi connectivity index (χ1v) is 2.83. The van der Waals surface area contributed by atoms with Gasteiger partial charge in [-0.05, 0) is 0 Å². The summed E-state index contributed by atoms with van der Waals surface area (Å²) in [5.74, 6) is 0. The molecule has 1 aliphatic rings. The molecule has 0 aromatic rings. The second-order valence-electron chi connectivity index (χ2n) is 1.89. The van der Waals surface area contributed by atoms with Gasteiger partial charge in [0.2, 0.25) is 0 Å². The fraction of sp³-hybridized carbons (Fsp3) is 1.00. The van der Waals surface area contributed by atoms with Crippen LogP contribution in [0, 0.1) is 0 Å². The molecule has 4 heteroatoms. The molecule has 1 heterocycles. The van der Waals surface area contributed by atoms with Crippen LogP contribution in [0.2, 0.25) is 0 Å². The van der Waals surface area contributed by atoms with Gasteiger partial charge in [0, 0.05) is 0 Å². The van der Waals surface area contributed by atoms with Crippen molar-refractivity contribution in [2.75, 3.05) is 20.0 Å². The Bertz CT molecular complexity index is 75.0. The summed E-state index contributed by atoms with van der Waals surface area (Å²) in [5, 5.41) is 17.1. The van der Waals surface area contributed by atoms with Crippen LogP contribution in [0.3, 0.4) is 0 Å². The highest BCUT2D eigenvalue weighted by Crippen LogP contribution is 2.10. The lowest BCUT2D eigenvalue weighted by molar-refractivity contribution is 0.0234. The van der Waals surface area contributed by atoms with Crippen molar-refractivity contribution in [3.05, 3.63) is 0 Å². The molecule has 0 aromatic heterocycles. The third-order valence-corrected chi connectivity index (χ3v) is 1.34. The monoisotopic (exact) mass is 134 g/mol. The summed E-state index contributed by atoms with van der Waals surface area (Å²) in [6, 6.07) is 0. The molecule has 2 atom stereocenters. The lowest BCUT2D eigenvalue weighted by Gasteiger charge is -2.09. The maximum atomic E-state index is 8.55. The summed E-state index contributed by atoms with van der Waals surface area (Å²) in [6.45, 7) is -0.00704. The summed E-state index contributed by atoms with van der Waals surface area (Å²) >= 11 is 0. The van der Waals surface area contributed by atoms with E-state index in [1.54, 1.807) is 0 Å². The Morgan fingerprint density at radius 2 is 1.56 bits per heavy atom. The van der Waals surface area contributed by atoms with Crippen molar-refractivity contribution in [3.8, 4) is 0 Å². The molecule has 4 nitrogen and oxygen atoms in total. The van der Waals surface area contributed by atoms with Gasteiger partial charge in [-0.2, -0.15) is 0 Å². The van der Waals surface area contributed by atoms with E-state index in [1.807, 2.05) is 0 Å². The van der Waals surface area contributed by atoms with Crippen LogP contribution in [0.25, 0.3) is 0 Å². The number of rotatable bonds is 2. The average Bonchev–Trinajstić information content (AvgIpc) is 2.33. The molecule has 0 radical (unpaired) electrons. The van der Waals surface area contributed by atoms with E-state index in [4.69, 9.17) is 19.7 Å². The van der Waals surface area contributed by atoms with Crippen LogP contribution in [0.15, 0.2) is 0 Å². The minimum absolute atomic E-state index is 0.0920. The Morgan fingerprint density at radius 1 is 1.11 bits per heavy atom. The molecular formula is C5H10O4. The lowest BCUT2D eigenvalue weighted by atomic mass is 10.2. The Kier molecular flexibility index (Phi) is 2.41. The van der Waals surface area contributed by atoms with Gasteiger partial charge in [-0.25, -0.2) is 0 Å². The van der Waals surface area contributed by atoms with Gasteiger partial charge < -0.3 is 19.7 Å². The van der Waals surface area contributed by atoms with E-state index < -0.39 is 0 Å². The largest absolute Gasteiger partial charge is 0.394 e. The highest BCUT2D eigenvalue weighted by atomic mass is 16.7. The average molecular weight is 134 g/mol. The van der Waals surface area contributed by atoms with Crippen molar-refractivity contribution < 1.29 is 19.7 Å². The van der Waals surface area contributed by atoms with E-state index in [0.29, 0.717) is 0 Å². The minimum atomic E-state index is -0.338. The summed E-state index contributed by atoms with van der Waals surface area (Å²) < 4.78 is 9.75. The first-order chi connectivity index (χ1) is 4.38. The number of hydrogen-bond acceptors (Lipinski definition) is 4. The van der Waals surface area contributed by atoms with E-state index in [1.165, 1.54) is 0 Å². The molecule has 1 fully saturated rings. The highest BCUT2D eigenvalue weighted by molar-refractivity contribution is 4.71. The molecule has 1 rings (SSSR count). The van der Waals surface area contributed by atoms with Crippen LogP contribution in [0.5, 0.6) is 0 Å². The van der Waals surface area contributed by atoms with Gasteiger partial charge in [-0.15, -0.1) is 0 Å². The van der Waals surface area contributed by atoms with Crippen molar-refractivity contribution in [1.29, 1.82) is 0 Å². The van der Waals surface area contributed by atoms with Crippen molar-refractivity contribution in [3.63, 3.8) is 0 Å². The van der Waals surface area contributed by atoms with Crippen molar-refractivity contribution >= 4 is 0 Å². The molecule has 0 amide bonds. The number of aliphatic hydroxyl groups excluding tert-OH is 2. The zero-order valence-corrected chi connectivity index (χ0v) is 4.99. The number of hydrogen-bond donors (Lipinski definition) is 2. The van der Waals surface area contributed by atoms with Crippen LogP contribution in [0.1, 0.15) is 0 Å². The SMILES string of the molecule is OC[C@@H]1OCO[C@H]1CO. The standard InChI is InChI=1S/C5H10O4/c6-1-4-5(2-7)9-3-8-4/h4-7H,1-3H2/t4-,5-/m0/s1. The summed E-state index contributed by atoms with van der Waals surface area (Å²) in [5.41, 5.74) is 0. The van der Waals surface area contributed by atoms with Gasteiger partial charge in [0.25, 0.3) is 0 Å². The summed E-state index contributed by atoms with van der Waals surface area (Å²) in [7, 11) is 0. The zero-order chi connectivity index (χ0) is 6.69. The first kappa shape index (κ1) is 6.95. The molecule has 0 unspecified atom stereocenters. The van der Waals surface area contributed by atoms with Gasteiger partial charge in [-0.1, -0.05) is 0 Å². The van der Waals surface area contributed by atoms with Gasteiger partial charge >= 0.3 is 0 Å². The molecule has 0 aliphatic carbocycles. The Balaban J connectivity index is 2.32. The quantitative estimate of drug-likeness (QED) is 0.493. The van der Waals surface area contributed by atoms with Gasteiger partial charge in [0.1, 0.15) is 19.0 Å². The fourth-order valence-corrected chi connectivity index (χ4v) is 0.769. The molecule has 0 spiro atoms. The third-order valence-electron chi connectivity index (χ3n) is 1.34. The van der Waals surface area contributed by atoms with E-state index in [-0.39, 0.29) is 32.2 Å².